The maximum absolute atomic E-state index is 5.60. The molecule has 4 aliphatic heterocycles. The largest absolute Gasteiger partial charge is 0.338 e. The van der Waals surface area contributed by atoms with Crippen molar-refractivity contribution in [1.82, 2.24) is 20.9 Å². The van der Waals surface area contributed by atoms with Crippen molar-refractivity contribution in [2.45, 2.75) is 125 Å². The van der Waals surface area contributed by atoms with Gasteiger partial charge in [0.05, 0.1) is 50.4 Å². The average molecular weight is 585 g/mol. The van der Waals surface area contributed by atoms with E-state index in [0.717, 1.165) is 83.5 Å². The summed E-state index contributed by atoms with van der Waals surface area (Å²) in [4.78, 5) is 44.0. The molecule has 12 nitrogen and oxygen atoms in total. The van der Waals surface area contributed by atoms with Crippen molar-refractivity contribution >= 4 is 50.7 Å². The number of rotatable bonds is 3. The lowest BCUT2D eigenvalue weighted by atomic mass is 9.49. The molecule has 228 valence electrons. The van der Waals surface area contributed by atoms with E-state index in [1.165, 1.54) is 12.8 Å². The lowest BCUT2D eigenvalue weighted by molar-refractivity contribution is -0.137. The Kier molecular flexibility index (Phi) is 6.52. The van der Waals surface area contributed by atoms with Gasteiger partial charge in [0, 0.05) is 17.3 Å². The van der Waals surface area contributed by atoms with Crippen LogP contribution >= 0.6 is 0 Å². The van der Waals surface area contributed by atoms with Gasteiger partial charge in [-0.2, -0.15) is 0 Å². The topological polar surface area (TPSA) is 138 Å². The van der Waals surface area contributed by atoms with Crippen LogP contribution in [-0.4, -0.2) is 84.3 Å². The van der Waals surface area contributed by atoms with Crippen LogP contribution in [0.1, 0.15) is 96.3 Å². The van der Waals surface area contributed by atoms with Gasteiger partial charge in [-0.25, -0.2) is 39.9 Å². The van der Waals surface area contributed by atoms with E-state index in [1.54, 1.807) is 0 Å². The number of nitrogens with one attached hydrogen (secondary N) is 3. The van der Waals surface area contributed by atoms with Crippen LogP contribution in [0, 0.1) is 17.3 Å². The Hall–Kier alpha value is -3.44. The van der Waals surface area contributed by atoms with Gasteiger partial charge >= 0.3 is 0 Å². The minimum atomic E-state index is -0.547. The SMILES string of the molecule is C1=NC=NC2(CCCC2(C2CCCCC23N=CNC=N3)C2CCCCC23N=CNC=N3)N1C1CCCCC12N=CNC=N2. The minimum absolute atomic E-state index is 0.0497. The second kappa shape index (κ2) is 10.3. The van der Waals surface area contributed by atoms with Crippen LogP contribution in [-0.2, 0) is 0 Å². The third-order valence-electron chi connectivity index (χ3n) is 12.1. The highest BCUT2D eigenvalue weighted by molar-refractivity contribution is 5.80. The van der Waals surface area contributed by atoms with Crippen molar-refractivity contribution in [3.05, 3.63) is 0 Å². The molecule has 0 aromatic carbocycles. The fraction of sp³-hybridized carbons (Fsp3) is 0.742. The summed E-state index contributed by atoms with van der Waals surface area (Å²) in [6, 6.07) is 0.0497. The van der Waals surface area contributed by atoms with Crippen LogP contribution in [0.15, 0.2) is 39.9 Å². The molecule has 0 saturated heterocycles. The first-order valence-corrected chi connectivity index (χ1v) is 16.5. The molecule has 4 aliphatic carbocycles. The van der Waals surface area contributed by atoms with Crippen molar-refractivity contribution in [1.29, 1.82) is 0 Å². The van der Waals surface area contributed by atoms with Crippen LogP contribution < -0.4 is 16.0 Å². The third kappa shape index (κ3) is 3.86. The molecule has 12 heteroatoms. The van der Waals surface area contributed by atoms with E-state index in [4.69, 9.17) is 39.9 Å². The molecule has 8 aliphatic rings. The standard InChI is InChI=1S/C31H44N12/c1-4-12-28(36-16-32-17-37-28)24(8-1)27(25-9-2-5-13-29(25)38-18-33-19-39-29)11-7-15-31(27)42-22-35-23-43(31)26-10-3-6-14-30(26)40-20-34-21-41-30/h16-26H,1-15H2,(H,32,36,37)(H,33,38,39)(H,34,40,41). The summed E-state index contributed by atoms with van der Waals surface area (Å²) in [5.74, 6) is 0.355. The summed E-state index contributed by atoms with van der Waals surface area (Å²) in [7, 11) is 0. The molecule has 3 N–H and O–H groups in total. The van der Waals surface area contributed by atoms with Crippen molar-refractivity contribution in [2.24, 2.45) is 57.2 Å². The zero-order chi connectivity index (χ0) is 28.9. The molecule has 0 radical (unpaired) electrons. The Morgan fingerprint density at radius 2 is 1.02 bits per heavy atom. The van der Waals surface area contributed by atoms with Crippen molar-refractivity contribution < 1.29 is 0 Å². The second-order valence-corrected chi connectivity index (χ2v) is 13.7. The monoisotopic (exact) mass is 584 g/mol. The third-order valence-corrected chi connectivity index (χ3v) is 12.1. The molecule has 4 unspecified atom stereocenters. The molecule has 4 atom stereocenters. The summed E-state index contributed by atoms with van der Waals surface area (Å²) in [6.45, 7) is 0. The van der Waals surface area contributed by atoms with Crippen LogP contribution in [0.2, 0.25) is 0 Å². The van der Waals surface area contributed by atoms with Gasteiger partial charge in [-0.05, 0) is 77.0 Å². The summed E-state index contributed by atoms with van der Waals surface area (Å²) < 4.78 is 0. The van der Waals surface area contributed by atoms with Crippen LogP contribution in [0.25, 0.3) is 0 Å². The summed E-state index contributed by atoms with van der Waals surface area (Å²) in [6.07, 6.45) is 30.9. The molecule has 0 aromatic rings. The lowest BCUT2D eigenvalue weighted by Crippen LogP contribution is -2.72. The first-order chi connectivity index (χ1) is 21.2. The smallest absolute Gasteiger partial charge is 0.173 e. The number of hydrogen-bond donors (Lipinski definition) is 3. The summed E-state index contributed by atoms with van der Waals surface area (Å²) in [5, 5.41) is 9.40. The Bertz CT molecular complexity index is 1240. The highest BCUT2D eigenvalue weighted by Crippen LogP contribution is 2.69. The fourth-order valence-corrected chi connectivity index (χ4v) is 10.6. The van der Waals surface area contributed by atoms with E-state index in [2.05, 4.69) is 27.2 Å². The summed E-state index contributed by atoms with van der Waals surface area (Å²) in [5.41, 5.74) is -2.44. The molecule has 43 heavy (non-hydrogen) atoms. The van der Waals surface area contributed by atoms with Crippen molar-refractivity contribution in [3.8, 4) is 0 Å². The van der Waals surface area contributed by atoms with Crippen LogP contribution in [0.4, 0.5) is 0 Å². The van der Waals surface area contributed by atoms with E-state index in [1.807, 2.05) is 44.4 Å². The molecule has 8 rings (SSSR count). The zero-order valence-corrected chi connectivity index (χ0v) is 25.0. The number of aliphatic imine (C=N–C) groups is 8. The quantitative estimate of drug-likeness (QED) is 0.466. The Morgan fingerprint density at radius 3 is 1.60 bits per heavy atom. The predicted octanol–water partition coefficient (Wildman–Crippen LogP) is 3.62. The predicted molar refractivity (Wildman–Crippen MR) is 173 cm³/mol. The highest BCUT2D eigenvalue weighted by atomic mass is 15.4. The normalized spacial score (nSPS) is 39.4. The molecule has 4 spiro atoms. The molecule has 4 saturated carbocycles. The number of hydrogen-bond acceptors (Lipinski definition) is 12. The number of nitrogens with zero attached hydrogens (tertiary/aromatic N) is 9. The van der Waals surface area contributed by atoms with E-state index < -0.39 is 22.7 Å². The van der Waals surface area contributed by atoms with Gasteiger partial charge in [0.1, 0.15) is 12.0 Å². The highest BCUT2D eigenvalue weighted by Gasteiger charge is 2.73. The van der Waals surface area contributed by atoms with E-state index >= 15 is 0 Å². The maximum Gasteiger partial charge on any atom is 0.173 e. The molecule has 4 heterocycles. The van der Waals surface area contributed by atoms with Gasteiger partial charge in [-0.1, -0.05) is 19.3 Å². The van der Waals surface area contributed by atoms with Gasteiger partial charge in [-0.3, -0.25) is 0 Å². The molecule has 0 bridgehead atoms. The van der Waals surface area contributed by atoms with E-state index in [-0.39, 0.29) is 23.3 Å². The van der Waals surface area contributed by atoms with Crippen molar-refractivity contribution in [2.75, 3.05) is 0 Å². The van der Waals surface area contributed by atoms with Gasteiger partial charge in [-0.15, -0.1) is 0 Å². The van der Waals surface area contributed by atoms with Gasteiger partial charge < -0.3 is 20.9 Å². The van der Waals surface area contributed by atoms with Gasteiger partial charge in [0.15, 0.2) is 17.0 Å². The molecule has 0 amide bonds. The van der Waals surface area contributed by atoms with E-state index in [0.29, 0.717) is 0 Å². The molecule has 0 aromatic heterocycles. The molecular formula is C31H44N12. The van der Waals surface area contributed by atoms with Crippen LogP contribution in [0.5, 0.6) is 0 Å². The minimum Gasteiger partial charge on any atom is -0.338 e. The zero-order valence-electron chi connectivity index (χ0n) is 25.0. The fourth-order valence-electron chi connectivity index (χ4n) is 10.6. The average Bonchev–Trinajstić information content (AvgIpc) is 3.42. The van der Waals surface area contributed by atoms with Crippen LogP contribution in [0.3, 0.4) is 0 Å². The van der Waals surface area contributed by atoms with Gasteiger partial charge in [0.2, 0.25) is 0 Å². The lowest BCUT2D eigenvalue weighted by Gasteiger charge is -2.64. The summed E-state index contributed by atoms with van der Waals surface area (Å²) >= 11 is 0. The second-order valence-electron chi connectivity index (χ2n) is 13.7. The Morgan fingerprint density at radius 1 is 0.512 bits per heavy atom. The van der Waals surface area contributed by atoms with Gasteiger partial charge in [0.25, 0.3) is 0 Å². The maximum atomic E-state index is 5.60. The van der Waals surface area contributed by atoms with Crippen molar-refractivity contribution in [3.63, 3.8) is 0 Å². The molecular weight excluding hydrogens is 540 g/mol. The Balaban J connectivity index is 1.36. The van der Waals surface area contributed by atoms with E-state index in [9.17, 15) is 0 Å². The Labute approximate surface area is 253 Å². The first kappa shape index (κ1) is 27.1. The molecule has 4 fully saturated rings. The first-order valence-electron chi connectivity index (χ1n) is 16.5.